The number of methoxy groups -OCH3 is 1. The minimum Gasteiger partial charge on any atom is -0.497 e. The van der Waals surface area contributed by atoms with Gasteiger partial charge in [0.15, 0.2) is 0 Å². The number of nitrogens with one attached hydrogen (secondary N) is 1. The molecule has 0 aliphatic heterocycles. The van der Waals surface area contributed by atoms with E-state index in [2.05, 4.69) is 21.2 Å². The van der Waals surface area contributed by atoms with Crippen LogP contribution in [0.25, 0.3) is 0 Å². The fourth-order valence-corrected chi connectivity index (χ4v) is 4.66. The van der Waals surface area contributed by atoms with Gasteiger partial charge in [-0.15, -0.1) is 0 Å². The smallest absolute Gasteiger partial charge is 0.244 e. The summed E-state index contributed by atoms with van der Waals surface area (Å²) in [6, 6.07) is 13.1. The normalized spacial score (nSPS) is 13.0. The zero-order valence-corrected chi connectivity index (χ0v) is 23.2. The molecule has 2 amide bonds. The van der Waals surface area contributed by atoms with Crippen LogP contribution in [0.1, 0.15) is 39.2 Å². The van der Waals surface area contributed by atoms with Crippen molar-refractivity contribution in [1.29, 1.82) is 0 Å². The van der Waals surface area contributed by atoms with Crippen LogP contribution in [-0.4, -0.2) is 57.1 Å². The molecule has 2 rings (SSSR count). The van der Waals surface area contributed by atoms with Crippen LogP contribution >= 0.6 is 15.9 Å². The molecule has 0 radical (unpaired) electrons. The average molecular weight is 569 g/mol. The highest BCUT2D eigenvalue weighted by atomic mass is 79.9. The van der Waals surface area contributed by atoms with Crippen molar-refractivity contribution < 1.29 is 22.7 Å². The second-order valence-electron chi connectivity index (χ2n) is 8.36. The molecule has 0 heterocycles. The maximum Gasteiger partial charge on any atom is 0.244 e. The molecule has 1 N–H and O–H groups in total. The molecule has 0 aromatic heterocycles. The molecule has 10 heteroatoms. The Morgan fingerprint density at radius 1 is 1.09 bits per heavy atom. The van der Waals surface area contributed by atoms with Crippen LogP contribution in [0, 0.1) is 0 Å². The first-order valence-corrected chi connectivity index (χ1v) is 14.1. The summed E-state index contributed by atoms with van der Waals surface area (Å²) in [5.41, 5.74) is 1.13. The van der Waals surface area contributed by atoms with Crippen molar-refractivity contribution in [1.82, 2.24) is 10.2 Å². The molecular weight excluding hydrogens is 534 g/mol. The number of carbonyl (C=O) groups excluding carboxylic acids is 2. The fraction of sp³-hybridized carbons (Fsp3) is 0.440. The monoisotopic (exact) mass is 567 g/mol. The number of benzene rings is 2. The van der Waals surface area contributed by atoms with Crippen LogP contribution in [0.2, 0.25) is 0 Å². The summed E-state index contributed by atoms with van der Waals surface area (Å²) in [5, 5.41) is 2.95. The van der Waals surface area contributed by atoms with Gasteiger partial charge in [0.1, 0.15) is 18.3 Å². The molecule has 35 heavy (non-hydrogen) atoms. The van der Waals surface area contributed by atoms with Gasteiger partial charge in [-0.3, -0.25) is 13.9 Å². The maximum absolute atomic E-state index is 13.7. The quantitative estimate of drug-likeness (QED) is 0.419. The van der Waals surface area contributed by atoms with Gasteiger partial charge in [0.25, 0.3) is 0 Å². The topological polar surface area (TPSA) is 96.0 Å². The number of hydrogen-bond donors (Lipinski definition) is 1. The number of amides is 2. The highest BCUT2D eigenvalue weighted by Gasteiger charge is 2.32. The Bertz CT molecular complexity index is 1110. The van der Waals surface area contributed by atoms with Gasteiger partial charge in [-0.2, -0.15) is 0 Å². The second kappa shape index (κ2) is 12.9. The molecule has 0 fully saturated rings. The second-order valence-corrected chi connectivity index (χ2v) is 11.2. The molecule has 0 saturated heterocycles. The average Bonchev–Trinajstić information content (AvgIpc) is 2.82. The summed E-state index contributed by atoms with van der Waals surface area (Å²) < 4.78 is 32.4. The van der Waals surface area contributed by atoms with Crippen molar-refractivity contribution >= 4 is 43.5 Å². The number of halogens is 1. The van der Waals surface area contributed by atoms with Gasteiger partial charge in [-0.05, 0) is 61.7 Å². The number of nitrogens with zero attached hydrogens (tertiary/aromatic N) is 2. The summed E-state index contributed by atoms with van der Waals surface area (Å²) in [7, 11) is -2.21. The zero-order valence-electron chi connectivity index (χ0n) is 20.8. The molecular formula is C25H34BrN3O5S. The molecule has 0 saturated carbocycles. The number of hydrogen-bond acceptors (Lipinski definition) is 5. The van der Waals surface area contributed by atoms with Crippen LogP contribution in [0.3, 0.4) is 0 Å². The lowest BCUT2D eigenvalue weighted by Crippen LogP contribution is -2.53. The molecule has 8 nitrogen and oxygen atoms in total. The standard InChI is InChI=1S/C25H34BrN3O5S/c1-6-18(3)27-25(31)23(7-2)28(16-19-9-8-10-22(15-19)34-4)24(30)17-29(35(5,32)33)21-13-11-20(26)12-14-21/h8-15,18,23H,6-7,16-17H2,1-5H3,(H,27,31)/t18-,23+/m1/s1. The molecule has 2 atom stereocenters. The van der Waals surface area contributed by atoms with E-state index in [1.165, 1.54) is 4.90 Å². The highest BCUT2D eigenvalue weighted by Crippen LogP contribution is 2.23. The predicted molar refractivity (Wildman–Crippen MR) is 142 cm³/mol. The SMILES string of the molecule is CC[C@@H](C)NC(=O)[C@H](CC)N(Cc1cccc(OC)c1)C(=O)CN(c1ccc(Br)cc1)S(C)(=O)=O. The first kappa shape index (κ1) is 28.6. The van der Waals surface area contributed by atoms with E-state index in [0.29, 0.717) is 17.9 Å². The largest absolute Gasteiger partial charge is 0.497 e. The number of carbonyl (C=O) groups is 2. The minimum absolute atomic E-state index is 0.0550. The molecule has 0 aliphatic carbocycles. The summed E-state index contributed by atoms with van der Waals surface area (Å²) in [6.07, 6.45) is 2.17. The number of sulfonamides is 1. The van der Waals surface area contributed by atoms with Gasteiger partial charge in [0.2, 0.25) is 21.8 Å². The lowest BCUT2D eigenvalue weighted by atomic mass is 10.1. The van der Waals surface area contributed by atoms with Gasteiger partial charge in [0, 0.05) is 17.1 Å². The van der Waals surface area contributed by atoms with Gasteiger partial charge in [0.05, 0.1) is 19.1 Å². The van der Waals surface area contributed by atoms with Crippen molar-refractivity contribution in [2.75, 3.05) is 24.2 Å². The van der Waals surface area contributed by atoms with E-state index < -0.39 is 28.5 Å². The molecule has 2 aromatic carbocycles. The molecule has 0 bridgehead atoms. The van der Waals surface area contributed by atoms with Crippen molar-refractivity contribution in [3.63, 3.8) is 0 Å². The molecule has 192 valence electrons. The minimum atomic E-state index is -3.77. The van der Waals surface area contributed by atoms with Crippen LogP contribution in [-0.2, 0) is 26.2 Å². The Morgan fingerprint density at radius 2 is 1.74 bits per heavy atom. The van der Waals surface area contributed by atoms with Crippen LogP contribution in [0.5, 0.6) is 5.75 Å². The summed E-state index contributed by atoms with van der Waals surface area (Å²) in [6.45, 7) is 5.39. The summed E-state index contributed by atoms with van der Waals surface area (Å²) in [4.78, 5) is 28.2. The first-order valence-electron chi connectivity index (χ1n) is 11.5. The Balaban J connectivity index is 2.44. The van der Waals surface area contributed by atoms with Crippen LogP contribution in [0.4, 0.5) is 5.69 Å². The predicted octanol–water partition coefficient (Wildman–Crippen LogP) is 3.95. The van der Waals surface area contributed by atoms with Crippen molar-refractivity contribution in [2.24, 2.45) is 0 Å². The van der Waals surface area contributed by atoms with Crippen LogP contribution in [0.15, 0.2) is 53.0 Å². The Labute approximate surface area is 216 Å². The third-order valence-corrected chi connectivity index (χ3v) is 7.34. The van der Waals surface area contributed by atoms with Gasteiger partial charge in [-0.1, -0.05) is 41.9 Å². The lowest BCUT2D eigenvalue weighted by molar-refractivity contribution is -0.140. The van der Waals surface area contributed by atoms with Crippen LogP contribution < -0.4 is 14.4 Å². The van der Waals surface area contributed by atoms with Gasteiger partial charge >= 0.3 is 0 Å². The van der Waals surface area contributed by atoms with Crippen molar-refractivity contribution in [2.45, 2.75) is 52.2 Å². The molecule has 0 unspecified atom stereocenters. The van der Waals surface area contributed by atoms with E-state index in [9.17, 15) is 18.0 Å². The summed E-state index contributed by atoms with van der Waals surface area (Å²) >= 11 is 3.34. The van der Waals surface area contributed by atoms with E-state index in [0.717, 1.165) is 27.0 Å². The maximum atomic E-state index is 13.7. The van der Waals surface area contributed by atoms with E-state index in [1.807, 2.05) is 32.9 Å². The zero-order chi connectivity index (χ0) is 26.2. The molecule has 0 aliphatic rings. The number of anilines is 1. The van der Waals surface area contributed by atoms with E-state index in [1.54, 1.807) is 43.5 Å². The van der Waals surface area contributed by atoms with E-state index in [4.69, 9.17) is 4.74 Å². The Kier molecular flexibility index (Phi) is 10.6. The lowest BCUT2D eigenvalue weighted by Gasteiger charge is -2.33. The van der Waals surface area contributed by atoms with Gasteiger partial charge in [-0.25, -0.2) is 8.42 Å². The van der Waals surface area contributed by atoms with Crippen molar-refractivity contribution in [3.8, 4) is 5.75 Å². The third kappa shape index (κ3) is 8.24. The van der Waals surface area contributed by atoms with E-state index >= 15 is 0 Å². The Hall–Kier alpha value is -2.59. The van der Waals surface area contributed by atoms with Gasteiger partial charge < -0.3 is 15.0 Å². The highest BCUT2D eigenvalue weighted by molar-refractivity contribution is 9.10. The number of rotatable bonds is 12. The summed E-state index contributed by atoms with van der Waals surface area (Å²) in [5.74, 6) is -0.125. The molecule has 0 spiro atoms. The Morgan fingerprint density at radius 3 is 2.29 bits per heavy atom. The number of ether oxygens (including phenoxy) is 1. The fourth-order valence-electron chi connectivity index (χ4n) is 3.55. The van der Waals surface area contributed by atoms with E-state index in [-0.39, 0.29) is 18.5 Å². The molecule has 2 aromatic rings. The first-order chi connectivity index (χ1) is 16.5. The third-order valence-electron chi connectivity index (χ3n) is 5.67. The van der Waals surface area contributed by atoms with Crippen molar-refractivity contribution in [3.05, 3.63) is 58.6 Å².